The molecule has 0 aromatic heterocycles. The minimum absolute atomic E-state index is 0.174. The van der Waals surface area contributed by atoms with Gasteiger partial charge in [-0.25, -0.2) is 0 Å². The van der Waals surface area contributed by atoms with E-state index in [0.29, 0.717) is 12.5 Å². The van der Waals surface area contributed by atoms with Gasteiger partial charge in [0.05, 0.1) is 19.2 Å². The van der Waals surface area contributed by atoms with Crippen LogP contribution in [0.25, 0.3) is 0 Å². The first-order valence-electron chi connectivity index (χ1n) is 6.84. The van der Waals surface area contributed by atoms with E-state index in [-0.39, 0.29) is 5.54 Å². The zero-order valence-corrected chi connectivity index (χ0v) is 12.8. The molecule has 1 heterocycles. The molecule has 5 nitrogen and oxygen atoms in total. The minimum Gasteiger partial charge on any atom is -0.497 e. The van der Waals surface area contributed by atoms with Crippen LogP contribution in [0.3, 0.4) is 0 Å². The number of nitrogens with zero attached hydrogens (tertiary/aromatic N) is 3. The predicted molar refractivity (Wildman–Crippen MR) is 82.1 cm³/mol. The molecule has 110 valence electrons. The fourth-order valence-corrected chi connectivity index (χ4v) is 2.52. The summed E-state index contributed by atoms with van der Waals surface area (Å²) in [6, 6.07) is 8.16. The second-order valence-corrected chi connectivity index (χ2v) is 5.63. The molecule has 0 spiro atoms. The molecule has 5 heteroatoms. The van der Waals surface area contributed by atoms with Crippen molar-refractivity contribution in [3.63, 3.8) is 0 Å². The molecule has 1 aromatic carbocycles. The summed E-state index contributed by atoms with van der Waals surface area (Å²) in [6.07, 6.45) is 0. The molecule has 2 N–H and O–H groups in total. The van der Waals surface area contributed by atoms with Gasteiger partial charge in [0.15, 0.2) is 5.96 Å². The summed E-state index contributed by atoms with van der Waals surface area (Å²) in [7, 11) is 5.80. The van der Waals surface area contributed by atoms with Crippen molar-refractivity contribution in [2.75, 3.05) is 40.8 Å². The van der Waals surface area contributed by atoms with Crippen LogP contribution in [0, 0.1) is 0 Å². The quantitative estimate of drug-likeness (QED) is 0.875. The highest BCUT2D eigenvalue weighted by Crippen LogP contribution is 2.33. The number of nitrogens with two attached hydrogens (primary N) is 1. The van der Waals surface area contributed by atoms with Gasteiger partial charge in [0, 0.05) is 13.1 Å². The summed E-state index contributed by atoms with van der Waals surface area (Å²) in [4.78, 5) is 8.78. The second-order valence-electron chi connectivity index (χ2n) is 5.63. The SMILES string of the molecule is COc1ccc(C2(C)CN=C(N)N2CCN(C)C)cc1. The molecular weight excluding hydrogens is 252 g/mol. The standard InChI is InChI=1S/C15H24N4O/c1-15(12-5-7-13(20-4)8-6-12)11-17-14(16)19(15)10-9-18(2)3/h5-8H,9-11H2,1-4H3,(H2,16,17). The van der Waals surface area contributed by atoms with E-state index in [4.69, 9.17) is 10.5 Å². The molecule has 0 aliphatic carbocycles. The van der Waals surface area contributed by atoms with E-state index < -0.39 is 0 Å². The summed E-state index contributed by atoms with van der Waals surface area (Å²) in [5, 5.41) is 0. The highest BCUT2D eigenvalue weighted by atomic mass is 16.5. The van der Waals surface area contributed by atoms with Crippen LogP contribution in [0.2, 0.25) is 0 Å². The van der Waals surface area contributed by atoms with Crippen molar-refractivity contribution in [2.24, 2.45) is 10.7 Å². The molecule has 0 fully saturated rings. The first kappa shape index (κ1) is 14.7. The molecule has 1 unspecified atom stereocenters. The molecule has 1 aromatic rings. The monoisotopic (exact) mass is 276 g/mol. The molecule has 0 radical (unpaired) electrons. The number of methoxy groups -OCH3 is 1. The van der Waals surface area contributed by atoms with Crippen molar-refractivity contribution in [1.82, 2.24) is 9.80 Å². The van der Waals surface area contributed by atoms with Crippen molar-refractivity contribution < 1.29 is 4.74 Å². The molecular formula is C15H24N4O. The zero-order chi connectivity index (χ0) is 14.8. The Bertz CT molecular complexity index is 483. The summed E-state index contributed by atoms with van der Waals surface area (Å²) in [5.74, 6) is 1.49. The maximum Gasteiger partial charge on any atom is 0.192 e. The lowest BCUT2D eigenvalue weighted by atomic mass is 9.91. The lowest BCUT2D eigenvalue weighted by Gasteiger charge is -2.37. The smallest absolute Gasteiger partial charge is 0.192 e. The number of aliphatic imine (C=N–C) groups is 1. The van der Waals surface area contributed by atoms with Gasteiger partial charge in [-0.3, -0.25) is 4.99 Å². The third-order valence-electron chi connectivity index (χ3n) is 3.90. The molecule has 0 saturated carbocycles. The topological polar surface area (TPSA) is 54.1 Å². The normalized spacial score (nSPS) is 22.2. The second kappa shape index (κ2) is 5.71. The van der Waals surface area contributed by atoms with Crippen LogP contribution in [0.15, 0.2) is 29.3 Å². The van der Waals surface area contributed by atoms with E-state index in [0.717, 1.165) is 18.8 Å². The molecule has 1 aliphatic heterocycles. The third kappa shape index (κ3) is 2.72. The largest absolute Gasteiger partial charge is 0.497 e. The number of rotatable bonds is 5. The number of likely N-dealkylation sites (N-methyl/N-ethyl adjacent to an activating group) is 1. The summed E-state index contributed by atoms with van der Waals surface area (Å²) in [6.45, 7) is 4.69. The lowest BCUT2D eigenvalue weighted by Crippen LogP contribution is -2.49. The van der Waals surface area contributed by atoms with Crippen molar-refractivity contribution in [1.29, 1.82) is 0 Å². The van der Waals surface area contributed by atoms with Crippen molar-refractivity contribution in [3.05, 3.63) is 29.8 Å². The van der Waals surface area contributed by atoms with Gasteiger partial charge in [-0.15, -0.1) is 0 Å². The minimum atomic E-state index is -0.174. The van der Waals surface area contributed by atoms with Crippen LogP contribution in [0.5, 0.6) is 5.75 Å². The zero-order valence-electron chi connectivity index (χ0n) is 12.8. The van der Waals surface area contributed by atoms with Crippen LogP contribution >= 0.6 is 0 Å². The highest BCUT2D eigenvalue weighted by Gasteiger charge is 2.39. The summed E-state index contributed by atoms with van der Waals surface area (Å²) < 4.78 is 5.22. The van der Waals surface area contributed by atoms with E-state index in [1.807, 2.05) is 12.1 Å². The Morgan fingerprint density at radius 3 is 2.55 bits per heavy atom. The van der Waals surface area contributed by atoms with E-state index in [2.05, 4.69) is 47.9 Å². The fraction of sp³-hybridized carbons (Fsp3) is 0.533. The Balaban J connectivity index is 2.22. The average Bonchev–Trinajstić information content (AvgIpc) is 2.73. The average molecular weight is 276 g/mol. The van der Waals surface area contributed by atoms with Gasteiger partial charge in [0.2, 0.25) is 0 Å². The van der Waals surface area contributed by atoms with Gasteiger partial charge >= 0.3 is 0 Å². The molecule has 0 bridgehead atoms. The molecule has 0 saturated heterocycles. The maximum absolute atomic E-state index is 6.07. The van der Waals surface area contributed by atoms with E-state index >= 15 is 0 Å². The lowest BCUT2D eigenvalue weighted by molar-refractivity contribution is 0.205. The number of guanidine groups is 1. The van der Waals surface area contributed by atoms with Crippen molar-refractivity contribution in [2.45, 2.75) is 12.5 Å². The number of hydrogen-bond donors (Lipinski definition) is 1. The summed E-state index contributed by atoms with van der Waals surface area (Å²) >= 11 is 0. The van der Waals surface area contributed by atoms with Gasteiger partial charge in [-0.1, -0.05) is 12.1 Å². The third-order valence-corrected chi connectivity index (χ3v) is 3.90. The Morgan fingerprint density at radius 1 is 1.35 bits per heavy atom. The first-order chi connectivity index (χ1) is 9.47. The van der Waals surface area contributed by atoms with Gasteiger partial charge in [0.25, 0.3) is 0 Å². The van der Waals surface area contributed by atoms with E-state index in [9.17, 15) is 0 Å². The Kier molecular flexibility index (Phi) is 4.18. The Labute approximate surface area is 121 Å². The molecule has 1 atom stereocenters. The van der Waals surface area contributed by atoms with E-state index in [1.54, 1.807) is 7.11 Å². The number of benzene rings is 1. The Hall–Kier alpha value is -1.75. The molecule has 1 aliphatic rings. The van der Waals surface area contributed by atoms with Gasteiger partial charge < -0.3 is 20.3 Å². The van der Waals surface area contributed by atoms with Gasteiger partial charge in [0.1, 0.15) is 5.75 Å². The van der Waals surface area contributed by atoms with Gasteiger partial charge in [-0.2, -0.15) is 0 Å². The number of ether oxygens (including phenoxy) is 1. The van der Waals surface area contributed by atoms with Crippen LogP contribution < -0.4 is 10.5 Å². The fourth-order valence-electron chi connectivity index (χ4n) is 2.52. The van der Waals surface area contributed by atoms with Crippen LogP contribution in [-0.4, -0.2) is 56.6 Å². The predicted octanol–water partition coefficient (Wildman–Crippen LogP) is 1.10. The summed E-state index contributed by atoms with van der Waals surface area (Å²) in [5.41, 5.74) is 7.10. The van der Waals surface area contributed by atoms with Crippen LogP contribution in [-0.2, 0) is 5.54 Å². The highest BCUT2D eigenvalue weighted by molar-refractivity contribution is 5.81. The van der Waals surface area contributed by atoms with E-state index in [1.165, 1.54) is 5.56 Å². The molecule has 0 amide bonds. The molecule has 2 rings (SSSR count). The van der Waals surface area contributed by atoms with Gasteiger partial charge in [-0.05, 0) is 38.7 Å². The van der Waals surface area contributed by atoms with Crippen LogP contribution in [0.1, 0.15) is 12.5 Å². The van der Waals surface area contributed by atoms with Crippen molar-refractivity contribution >= 4 is 5.96 Å². The maximum atomic E-state index is 6.07. The Morgan fingerprint density at radius 2 is 2.00 bits per heavy atom. The van der Waals surface area contributed by atoms with Crippen LogP contribution in [0.4, 0.5) is 0 Å². The molecule has 20 heavy (non-hydrogen) atoms. The first-order valence-corrected chi connectivity index (χ1v) is 6.84. The number of hydrogen-bond acceptors (Lipinski definition) is 5. The van der Waals surface area contributed by atoms with Crippen molar-refractivity contribution in [3.8, 4) is 5.75 Å².